The van der Waals surface area contributed by atoms with Gasteiger partial charge in [0.2, 0.25) is 0 Å². The number of benzene rings is 2. The quantitative estimate of drug-likeness (QED) is 0.271. The molecule has 2 aliphatic heterocycles. The summed E-state index contributed by atoms with van der Waals surface area (Å²) in [6.45, 7) is 13.2. The molecule has 1 saturated carbocycles. The minimum Gasteiger partial charge on any atom is -0.490 e. The first-order valence-corrected chi connectivity index (χ1v) is 18.5. The maximum Gasteiger partial charge on any atom is 0.124 e. The number of allylic oxidation sites excluding steroid dienone is 4. The fourth-order valence-electron chi connectivity index (χ4n) is 5.63. The fraction of sp³-hybridized carbons (Fsp3) is 0.553. The summed E-state index contributed by atoms with van der Waals surface area (Å²) < 4.78 is 19.1. The van der Waals surface area contributed by atoms with Gasteiger partial charge in [-0.25, -0.2) is 9.37 Å². The van der Waals surface area contributed by atoms with E-state index in [0.29, 0.717) is 6.10 Å². The summed E-state index contributed by atoms with van der Waals surface area (Å²) in [4.78, 5) is 11.9. The predicted molar refractivity (Wildman–Crippen MR) is 198 cm³/mol. The van der Waals surface area contributed by atoms with E-state index in [2.05, 4.69) is 70.5 Å². The van der Waals surface area contributed by atoms with Crippen molar-refractivity contribution in [3.05, 3.63) is 66.5 Å². The van der Waals surface area contributed by atoms with Crippen molar-refractivity contribution in [2.75, 3.05) is 71.4 Å². The van der Waals surface area contributed by atoms with Crippen LogP contribution in [0.3, 0.4) is 0 Å². The molecule has 258 valence electrons. The highest BCUT2D eigenvalue weighted by Gasteiger charge is 2.20. The molecule has 0 atom stereocenters. The average molecular weight is 666 g/mol. The second-order valence-electron chi connectivity index (χ2n) is 12.5. The lowest BCUT2D eigenvalue weighted by molar-refractivity contribution is 0.0757. The number of piperazine rings is 1. The number of hydrogen-bond donors (Lipinski definition) is 2. The van der Waals surface area contributed by atoms with Gasteiger partial charge in [-0.2, -0.15) is 0 Å². The van der Waals surface area contributed by atoms with Gasteiger partial charge < -0.3 is 25.0 Å². The molecule has 0 amide bonds. The van der Waals surface area contributed by atoms with E-state index in [1.54, 1.807) is 17.4 Å². The van der Waals surface area contributed by atoms with Crippen LogP contribution in [0.25, 0.3) is 20.8 Å². The monoisotopic (exact) mass is 665 g/mol. The average Bonchev–Trinajstić information content (AvgIpc) is 3.52. The van der Waals surface area contributed by atoms with Crippen molar-refractivity contribution < 1.29 is 14.2 Å². The minimum atomic E-state index is -0.0914. The number of nitrogens with one attached hydrogen (secondary N) is 1. The second kappa shape index (κ2) is 19.9. The van der Waals surface area contributed by atoms with Gasteiger partial charge in [-0.15, -0.1) is 11.3 Å². The first-order valence-electron chi connectivity index (χ1n) is 17.6. The Labute approximate surface area is 286 Å². The Morgan fingerprint density at radius 3 is 2.17 bits per heavy atom. The fourth-order valence-corrected chi connectivity index (χ4v) is 6.63. The van der Waals surface area contributed by atoms with Gasteiger partial charge in [0.15, 0.2) is 0 Å². The van der Waals surface area contributed by atoms with E-state index in [9.17, 15) is 9.50 Å². The summed E-state index contributed by atoms with van der Waals surface area (Å²) in [5.74, 6) is 0.881. The number of aliphatic hydroxyl groups excluding tert-OH is 1. The van der Waals surface area contributed by atoms with Crippen LogP contribution in [0.1, 0.15) is 58.8 Å². The highest BCUT2D eigenvalue weighted by atomic mass is 32.1. The van der Waals surface area contributed by atoms with Crippen LogP contribution in [0.5, 0.6) is 5.75 Å². The molecule has 0 spiro atoms. The topological polar surface area (TPSA) is 64.1 Å². The first-order chi connectivity index (χ1) is 22.9. The highest BCUT2D eigenvalue weighted by Crippen LogP contribution is 2.34. The molecule has 0 bridgehead atoms. The van der Waals surface area contributed by atoms with Crippen LogP contribution >= 0.6 is 11.3 Å². The highest BCUT2D eigenvalue weighted by molar-refractivity contribution is 7.21. The van der Waals surface area contributed by atoms with Gasteiger partial charge in [0.25, 0.3) is 0 Å². The molecule has 9 heteroatoms. The zero-order valence-electron chi connectivity index (χ0n) is 29.0. The molecule has 7 rings (SSSR count). The number of hydrogen-bond acceptors (Lipinski definition) is 8. The van der Waals surface area contributed by atoms with Crippen LogP contribution in [-0.4, -0.2) is 98.6 Å². The van der Waals surface area contributed by atoms with Gasteiger partial charge in [0.05, 0.1) is 22.4 Å². The molecule has 2 saturated heterocycles. The Kier molecular flexibility index (Phi) is 15.6. The summed E-state index contributed by atoms with van der Waals surface area (Å²) in [5.41, 5.74) is 3.41. The molecule has 2 aliphatic carbocycles. The van der Waals surface area contributed by atoms with Crippen molar-refractivity contribution in [3.8, 4) is 16.3 Å². The minimum absolute atomic E-state index is 0.0413. The van der Waals surface area contributed by atoms with Gasteiger partial charge in [0, 0.05) is 77.7 Å². The number of thiazole rings is 1. The van der Waals surface area contributed by atoms with Crippen LogP contribution in [-0.2, 0) is 0 Å². The molecule has 1 aromatic heterocycles. The van der Waals surface area contributed by atoms with Crippen molar-refractivity contribution in [2.45, 2.75) is 71.0 Å². The van der Waals surface area contributed by atoms with E-state index in [4.69, 9.17) is 9.72 Å². The molecule has 4 aliphatic rings. The van der Waals surface area contributed by atoms with Gasteiger partial charge in [0.1, 0.15) is 16.6 Å². The third-order valence-electron chi connectivity index (χ3n) is 8.79. The molecule has 7 nitrogen and oxygen atoms in total. The zero-order valence-corrected chi connectivity index (χ0v) is 29.8. The number of fused-ring (bicyclic) bond motifs is 1. The van der Waals surface area contributed by atoms with Crippen molar-refractivity contribution in [2.24, 2.45) is 0 Å². The summed E-state index contributed by atoms with van der Waals surface area (Å²) in [6, 6.07) is 14.8. The number of likely N-dealkylation sites (tertiary alicyclic amines) is 1. The lowest BCUT2D eigenvalue weighted by Gasteiger charge is -2.33. The molecule has 0 unspecified atom stereocenters. The van der Waals surface area contributed by atoms with Crippen LogP contribution in [0.2, 0.25) is 0 Å². The number of aromatic nitrogens is 1. The van der Waals surface area contributed by atoms with Crippen LogP contribution in [0.15, 0.2) is 66.5 Å². The van der Waals surface area contributed by atoms with Gasteiger partial charge in [-0.05, 0) is 99.6 Å². The van der Waals surface area contributed by atoms with Crippen molar-refractivity contribution in [1.82, 2.24) is 20.1 Å². The van der Waals surface area contributed by atoms with Gasteiger partial charge in [-0.1, -0.05) is 19.9 Å². The molecule has 2 aromatic carbocycles. The number of halogens is 1. The number of anilines is 1. The Morgan fingerprint density at radius 2 is 1.62 bits per heavy atom. The normalized spacial score (nSPS) is 18.8. The molecule has 2 N–H and O–H groups in total. The molecule has 0 radical (unpaired) electrons. The van der Waals surface area contributed by atoms with Crippen molar-refractivity contribution in [3.63, 3.8) is 0 Å². The van der Waals surface area contributed by atoms with E-state index in [1.807, 2.05) is 26.0 Å². The van der Waals surface area contributed by atoms with Crippen LogP contribution in [0, 0.1) is 0 Å². The number of ether oxygens (including phenoxy) is 1. The Hall–Kier alpha value is -2.82. The summed E-state index contributed by atoms with van der Waals surface area (Å²) >= 11 is 1.73. The first kappa shape index (κ1) is 37.0. The third-order valence-corrected chi connectivity index (χ3v) is 9.86. The number of aliphatic hydroxyl groups is 1. The zero-order chi connectivity index (χ0) is 33.4. The summed E-state index contributed by atoms with van der Waals surface area (Å²) in [5, 5.41) is 13.8. The smallest absolute Gasteiger partial charge is 0.124 e. The van der Waals surface area contributed by atoms with Gasteiger partial charge in [-0.3, -0.25) is 4.90 Å². The van der Waals surface area contributed by atoms with E-state index in [1.165, 1.54) is 67.5 Å². The number of nitrogens with zero attached hydrogens (tertiary/aromatic N) is 4. The lowest BCUT2D eigenvalue weighted by atomic mass is 9.96. The molecular formula is C38H56FN5O2S. The molecular weight excluding hydrogens is 610 g/mol. The van der Waals surface area contributed by atoms with Crippen LogP contribution in [0.4, 0.5) is 10.1 Å². The van der Waals surface area contributed by atoms with E-state index in [0.717, 1.165) is 68.1 Å². The Morgan fingerprint density at radius 1 is 0.936 bits per heavy atom. The molecule has 3 heterocycles. The van der Waals surface area contributed by atoms with E-state index < -0.39 is 0 Å². The van der Waals surface area contributed by atoms with Gasteiger partial charge >= 0.3 is 0 Å². The maximum absolute atomic E-state index is 12.0. The van der Waals surface area contributed by atoms with E-state index in [-0.39, 0.29) is 11.9 Å². The summed E-state index contributed by atoms with van der Waals surface area (Å²) in [6.07, 6.45) is 12.8. The summed E-state index contributed by atoms with van der Waals surface area (Å²) in [7, 11) is 4.10. The molecule has 3 aromatic rings. The Balaban J connectivity index is 0.000000178. The molecule has 47 heavy (non-hydrogen) atoms. The van der Waals surface area contributed by atoms with E-state index >= 15 is 0 Å². The van der Waals surface area contributed by atoms with Crippen molar-refractivity contribution in [1.29, 1.82) is 0 Å². The molecule has 3 fully saturated rings. The number of piperidine rings is 1. The standard InChI is InChI=1S/C19H20N2OS.C11H23N3O.C6H7F.C2H6/c1-21(2)14-8-6-13(7-9-14)19-20-17-11-10-16(12-18(17)23-19)22-15-4-3-5-15;15-11-1-5-13(6-2-11)9-10-14-7-3-12-4-8-14;7-6-4-2-1-3-5-6;1-2/h6-12,15H,3-5H2,1-2H3;11-12,15H,1-10H2;2,4-5H,1,3H2;1-2H3. The predicted octanol–water partition coefficient (Wildman–Crippen LogP) is 7.52. The third kappa shape index (κ3) is 12.3. The SMILES string of the molecule is CC.CN(C)c1ccc(-c2nc3ccc(OC4CCC4)cc3s2)cc1.FC1=CCCC=C1.OC1CCN(CCN2CCNCC2)CC1. The largest absolute Gasteiger partial charge is 0.490 e. The van der Waals surface area contributed by atoms with Crippen LogP contribution < -0.4 is 15.0 Å². The maximum atomic E-state index is 12.0. The lowest BCUT2D eigenvalue weighted by Crippen LogP contribution is -2.47. The van der Waals surface area contributed by atoms with Crippen molar-refractivity contribution >= 4 is 27.2 Å². The second-order valence-corrected chi connectivity index (χ2v) is 13.5. The Bertz CT molecular complexity index is 1370. The number of rotatable bonds is 7.